The lowest BCUT2D eigenvalue weighted by Crippen LogP contribution is -2.04. The molecule has 0 fully saturated rings. The Balaban J connectivity index is 2.07. The van der Waals surface area contributed by atoms with Gasteiger partial charge in [0.1, 0.15) is 5.52 Å². The molecule has 0 bridgehead atoms. The van der Waals surface area contributed by atoms with Gasteiger partial charge in [-0.05, 0) is 31.2 Å². The monoisotopic (exact) mass is 285 g/mol. The van der Waals surface area contributed by atoms with E-state index in [0.29, 0.717) is 22.3 Å². The summed E-state index contributed by atoms with van der Waals surface area (Å²) in [6.45, 7) is 1.68. The lowest BCUT2D eigenvalue weighted by Gasteiger charge is -2.01. The molecule has 0 spiro atoms. The van der Waals surface area contributed by atoms with Crippen molar-refractivity contribution >= 4 is 34.2 Å². The summed E-state index contributed by atoms with van der Waals surface area (Å²) in [6, 6.07) is 13.0. The first kappa shape index (κ1) is 12.7. The molecule has 2 N–H and O–H groups in total. The predicted molar refractivity (Wildman–Crippen MR) is 81.5 cm³/mol. The summed E-state index contributed by atoms with van der Waals surface area (Å²) in [6.07, 6.45) is 0. The quantitative estimate of drug-likeness (QED) is 0.536. The van der Waals surface area contributed by atoms with Crippen molar-refractivity contribution in [1.82, 2.24) is 4.98 Å². The highest BCUT2D eigenvalue weighted by Crippen LogP contribution is 2.30. The Kier molecular flexibility index (Phi) is 3.16. The molecule has 0 aliphatic carbocycles. The molecule has 3 rings (SSSR count). The van der Waals surface area contributed by atoms with Crippen molar-refractivity contribution in [1.29, 1.82) is 5.41 Å². The van der Waals surface area contributed by atoms with E-state index in [1.807, 2.05) is 36.4 Å². The zero-order valence-electron chi connectivity index (χ0n) is 10.8. The zero-order valence-corrected chi connectivity index (χ0v) is 11.5. The highest BCUT2D eigenvalue weighted by molar-refractivity contribution is 6.33. The van der Waals surface area contributed by atoms with Crippen LogP contribution in [-0.4, -0.2) is 10.8 Å². The number of hydrogen-bond acceptors (Lipinski definition) is 3. The summed E-state index contributed by atoms with van der Waals surface area (Å²) in [7, 11) is 0. The Morgan fingerprint density at radius 1 is 1.25 bits per heavy atom. The summed E-state index contributed by atoms with van der Waals surface area (Å²) in [4.78, 5) is 4.43. The molecule has 4 nitrogen and oxygen atoms in total. The van der Waals surface area contributed by atoms with E-state index in [9.17, 15) is 0 Å². The number of amidine groups is 1. The van der Waals surface area contributed by atoms with Crippen LogP contribution in [0.4, 0.5) is 5.69 Å². The fourth-order valence-corrected chi connectivity index (χ4v) is 2.19. The Morgan fingerprint density at radius 2 is 2.05 bits per heavy atom. The number of benzene rings is 2. The second-order valence-electron chi connectivity index (χ2n) is 4.43. The van der Waals surface area contributed by atoms with Crippen molar-refractivity contribution in [2.45, 2.75) is 6.92 Å². The van der Waals surface area contributed by atoms with Crippen molar-refractivity contribution < 1.29 is 4.42 Å². The second kappa shape index (κ2) is 4.98. The van der Waals surface area contributed by atoms with Gasteiger partial charge in [-0.2, -0.15) is 0 Å². The first-order valence-electron chi connectivity index (χ1n) is 6.11. The van der Waals surface area contributed by atoms with Gasteiger partial charge in [0.25, 0.3) is 0 Å². The van der Waals surface area contributed by atoms with Gasteiger partial charge in [-0.15, -0.1) is 0 Å². The number of fused-ring (bicyclic) bond motifs is 1. The van der Waals surface area contributed by atoms with Gasteiger partial charge in [-0.1, -0.05) is 23.7 Å². The van der Waals surface area contributed by atoms with Crippen LogP contribution in [-0.2, 0) is 0 Å². The number of anilines is 1. The minimum Gasteiger partial charge on any atom is -0.436 e. The van der Waals surface area contributed by atoms with E-state index in [1.54, 1.807) is 13.0 Å². The van der Waals surface area contributed by atoms with Crippen LogP contribution in [0.15, 0.2) is 46.9 Å². The number of oxazole rings is 1. The maximum atomic E-state index is 7.43. The Labute approximate surface area is 120 Å². The number of hydrogen-bond donors (Lipinski definition) is 2. The van der Waals surface area contributed by atoms with Crippen LogP contribution in [0, 0.1) is 5.41 Å². The largest absolute Gasteiger partial charge is 0.436 e. The normalized spacial score (nSPS) is 10.7. The number of nitrogens with zero attached hydrogens (tertiary/aromatic N) is 1. The Bertz CT molecular complexity index is 795. The SMILES string of the molecule is CC(=N)Nc1ccc2nc(-c3ccccc3Cl)oc2c1. The maximum absolute atomic E-state index is 7.43. The van der Waals surface area contributed by atoms with Gasteiger partial charge in [-0.25, -0.2) is 4.98 Å². The third-order valence-corrected chi connectivity index (χ3v) is 3.15. The van der Waals surface area contributed by atoms with Gasteiger partial charge in [0.2, 0.25) is 5.89 Å². The lowest BCUT2D eigenvalue weighted by molar-refractivity contribution is 0.620. The topological polar surface area (TPSA) is 61.9 Å². The molecular weight excluding hydrogens is 274 g/mol. The van der Waals surface area contributed by atoms with Crippen molar-refractivity contribution in [2.75, 3.05) is 5.32 Å². The van der Waals surface area contributed by atoms with Crippen LogP contribution in [0.25, 0.3) is 22.6 Å². The average Bonchev–Trinajstić information content (AvgIpc) is 2.81. The third kappa shape index (κ3) is 2.38. The van der Waals surface area contributed by atoms with Crippen molar-refractivity contribution in [3.63, 3.8) is 0 Å². The molecule has 5 heteroatoms. The average molecular weight is 286 g/mol. The van der Waals surface area contributed by atoms with Gasteiger partial charge in [0.15, 0.2) is 5.58 Å². The van der Waals surface area contributed by atoms with Crippen molar-refractivity contribution in [2.24, 2.45) is 0 Å². The summed E-state index contributed by atoms with van der Waals surface area (Å²) in [5.41, 5.74) is 2.98. The van der Waals surface area contributed by atoms with E-state index in [4.69, 9.17) is 21.4 Å². The van der Waals surface area contributed by atoms with E-state index in [0.717, 1.165) is 16.8 Å². The second-order valence-corrected chi connectivity index (χ2v) is 4.84. The molecule has 0 amide bonds. The highest BCUT2D eigenvalue weighted by Gasteiger charge is 2.11. The Morgan fingerprint density at radius 3 is 2.80 bits per heavy atom. The first-order chi connectivity index (χ1) is 9.63. The highest BCUT2D eigenvalue weighted by atomic mass is 35.5. The maximum Gasteiger partial charge on any atom is 0.228 e. The zero-order chi connectivity index (χ0) is 14.1. The fraction of sp³-hybridized carbons (Fsp3) is 0.0667. The van der Waals surface area contributed by atoms with Crippen LogP contribution in [0.1, 0.15) is 6.92 Å². The summed E-state index contributed by atoms with van der Waals surface area (Å²) in [5, 5.41) is 11.0. The molecule has 0 radical (unpaired) electrons. The van der Waals surface area contributed by atoms with Crippen LogP contribution >= 0.6 is 11.6 Å². The molecule has 1 heterocycles. The number of rotatable bonds is 2. The molecule has 3 aromatic rings. The number of halogens is 1. The molecule has 0 unspecified atom stereocenters. The molecule has 0 saturated heterocycles. The minimum atomic E-state index is 0.371. The number of aromatic nitrogens is 1. The Hall–Kier alpha value is -2.33. The van der Waals surface area contributed by atoms with Gasteiger partial charge in [-0.3, -0.25) is 5.41 Å². The van der Waals surface area contributed by atoms with E-state index in [1.165, 1.54) is 0 Å². The molecule has 20 heavy (non-hydrogen) atoms. The molecule has 0 aliphatic rings. The molecule has 0 saturated carbocycles. The summed E-state index contributed by atoms with van der Waals surface area (Å²) < 4.78 is 5.75. The molecule has 2 aromatic carbocycles. The number of nitrogens with one attached hydrogen (secondary N) is 2. The van der Waals surface area contributed by atoms with E-state index in [2.05, 4.69) is 10.3 Å². The van der Waals surface area contributed by atoms with Crippen LogP contribution < -0.4 is 5.32 Å². The molecule has 1 aromatic heterocycles. The summed E-state index contributed by atoms with van der Waals surface area (Å²) >= 11 is 6.15. The van der Waals surface area contributed by atoms with Gasteiger partial charge in [0.05, 0.1) is 16.4 Å². The fourth-order valence-electron chi connectivity index (χ4n) is 1.97. The van der Waals surface area contributed by atoms with E-state index in [-0.39, 0.29) is 0 Å². The van der Waals surface area contributed by atoms with Crippen molar-refractivity contribution in [3.05, 3.63) is 47.5 Å². The van der Waals surface area contributed by atoms with Crippen molar-refractivity contribution in [3.8, 4) is 11.5 Å². The third-order valence-electron chi connectivity index (χ3n) is 2.82. The molecule has 100 valence electrons. The molecule has 0 atom stereocenters. The standard InChI is InChI=1S/C15H12ClN3O/c1-9(17)18-10-6-7-13-14(8-10)20-15(19-13)11-4-2-3-5-12(11)16/h2-8H,1H3,(H2,17,18). The smallest absolute Gasteiger partial charge is 0.228 e. The van der Waals surface area contributed by atoms with Crippen LogP contribution in [0.3, 0.4) is 0 Å². The van der Waals surface area contributed by atoms with Crippen LogP contribution in [0.2, 0.25) is 5.02 Å². The van der Waals surface area contributed by atoms with E-state index < -0.39 is 0 Å². The first-order valence-corrected chi connectivity index (χ1v) is 6.49. The summed E-state index contributed by atoms with van der Waals surface area (Å²) in [5.74, 6) is 0.865. The van der Waals surface area contributed by atoms with Crippen LogP contribution in [0.5, 0.6) is 0 Å². The minimum absolute atomic E-state index is 0.371. The van der Waals surface area contributed by atoms with Gasteiger partial charge in [0, 0.05) is 11.8 Å². The lowest BCUT2D eigenvalue weighted by atomic mass is 10.2. The molecule has 0 aliphatic heterocycles. The van der Waals surface area contributed by atoms with E-state index >= 15 is 0 Å². The van der Waals surface area contributed by atoms with Gasteiger partial charge < -0.3 is 9.73 Å². The predicted octanol–water partition coefficient (Wildman–Crippen LogP) is 4.56. The van der Waals surface area contributed by atoms with Gasteiger partial charge >= 0.3 is 0 Å². The molecular formula is C15H12ClN3O.